The minimum Gasteiger partial charge on any atom is -0.461 e. The van der Waals surface area contributed by atoms with Gasteiger partial charge in [0.2, 0.25) is 5.91 Å². The maximum Gasteiger partial charge on any atom is 0.355 e. The molecule has 28 heavy (non-hydrogen) atoms. The van der Waals surface area contributed by atoms with Gasteiger partial charge in [-0.3, -0.25) is 9.59 Å². The molecular weight excluding hydrogens is 360 g/mol. The van der Waals surface area contributed by atoms with Gasteiger partial charge in [-0.1, -0.05) is 6.42 Å². The number of Topliss-reactive ketones (excluding diaryl/α,β-unsaturated/α-hetero) is 1. The predicted octanol–water partition coefficient (Wildman–Crippen LogP) is 3.04. The van der Waals surface area contributed by atoms with Crippen LogP contribution in [-0.2, 0) is 14.3 Å². The normalized spacial score (nSPS) is 15.0. The van der Waals surface area contributed by atoms with Crippen molar-refractivity contribution in [3.63, 3.8) is 0 Å². The van der Waals surface area contributed by atoms with E-state index in [2.05, 4.69) is 4.98 Å². The summed E-state index contributed by atoms with van der Waals surface area (Å²) in [6, 6.07) is -0.604. The molecule has 7 nitrogen and oxygen atoms in total. The molecule has 0 spiro atoms. The number of amides is 1. The molecule has 0 bridgehead atoms. The fourth-order valence-electron chi connectivity index (χ4n) is 3.64. The van der Waals surface area contributed by atoms with Crippen molar-refractivity contribution in [1.82, 2.24) is 9.88 Å². The van der Waals surface area contributed by atoms with Crippen molar-refractivity contribution in [2.24, 2.45) is 5.92 Å². The first-order valence-electron chi connectivity index (χ1n) is 10.0. The van der Waals surface area contributed by atoms with E-state index >= 15 is 0 Å². The highest BCUT2D eigenvalue weighted by molar-refractivity contribution is 6.06. The maximum atomic E-state index is 13.3. The van der Waals surface area contributed by atoms with E-state index in [0.29, 0.717) is 42.1 Å². The smallest absolute Gasteiger partial charge is 0.355 e. The second-order valence-electron chi connectivity index (χ2n) is 7.39. The molecule has 1 aliphatic rings. The number of carbonyl (C=O) groups excluding carboxylic acids is 3. The largest absolute Gasteiger partial charge is 0.461 e. The number of ether oxygens (including phenoxy) is 2. The molecule has 1 aromatic heterocycles. The first-order chi connectivity index (χ1) is 13.3. The van der Waals surface area contributed by atoms with E-state index < -0.39 is 12.0 Å². The third kappa shape index (κ3) is 4.63. The average Bonchev–Trinajstić information content (AvgIpc) is 2.90. The van der Waals surface area contributed by atoms with Gasteiger partial charge in [0, 0.05) is 37.4 Å². The molecular formula is C21H32N2O5. The molecule has 1 aliphatic carbocycles. The Kier molecular flexibility index (Phi) is 7.80. The second kappa shape index (κ2) is 9.87. The predicted molar refractivity (Wildman–Crippen MR) is 106 cm³/mol. The molecule has 0 saturated heterocycles. The van der Waals surface area contributed by atoms with Crippen LogP contribution < -0.4 is 0 Å². The third-order valence-corrected chi connectivity index (χ3v) is 5.50. The van der Waals surface area contributed by atoms with Crippen LogP contribution in [0, 0.1) is 19.8 Å². The Morgan fingerprint density at radius 1 is 1.25 bits per heavy atom. The van der Waals surface area contributed by atoms with Gasteiger partial charge >= 0.3 is 5.97 Å². The Bertz CT molecular complexity index is 721. The molecule has 1 amide bonds. The summed E-state index contributed by atoms with van der Waals surface area (Å²) in [6.07, 6.45) is 3.50. The van der Waals surface area contributed by atoms with Gasteiger partial charge in [0.05, 0.1) is 12.6 Å². The number of hydrogen-bond donors (Lipinski definition) is 1. The minimum atomic E-state index is -0.604. The molecule has 1 fully saturated rings. The summed E-state index contributed by atoms with van der Waals surface area (Å²) in [7, 11) is 1.62. The number of aryl methyl sites for hydroxylation is 1. The maximum absolute atomic E-state index is 13.3. The van der Waals surface area contributed by atoms with E-state index in [4.69, 9.17) is 9.47 Å². The van der Waals surface area contributed by atoms with Crippen molar-refractivity contribution in [2.45, 2.75) is 59.4 Å². The summed E-state index contributed by atoms with van der Waals surface area (Å²) in [4.78, 5) is 43.0. The van der Waals surface area contributed by atoms with Crippen LogP contribution in [0.15, 0.2) is 0 Å². The summed E-state index contributed by atoms with van der Waals surface area (Å²) < 4.78 is 10.2. The summed E-state index contributed by atoms with van der Waals surface area (Å²) in [5.74, 6) is -0.579. The van der Waals surface area contributed by atoms with Crippen molar-refractivity contribution < 1.29 is 23.9 Å². The quantitative estimate of drug-likeness (QED) is 0.376. The SMILES string of the molecule is CCOC(=O)c1[nH]c(C)c(C(=O)C(C)N(CCCOC)C(=O)C2CCC2)c1C. The van der Waals surface area contributed by atoms with E-state index in [-0.39, 0.29) is 24.2 Å². The van der Waals surface area contributed by atoms with E-state index in [1.807, 2.05) is 0 Å². The minimum absolute atomic E-state index is 0.0151. The lowest BCUT2D eigenvalue weighted by Gasteiger charge is -2.35. The highest BCUT2D eigenvalue weighted by Gasteiger charge is 2.35. The highest BCUT2D eigenvalue weighted by Crippen LogP contribution is 2.30. The van der Waals surface area contributed by atoms with Gasteiger partial charge < -0.3 is 19.4 Å². The van der Waals surface area contributed by atoms with Gasteiger partial charge in [0.25, 0.3) is 0 Å². The van der Waals surface area contributed by atoms with Gasteiger partial charge in [0.1, 0.15) is 5.69 Å². The van der Waals surface area contributed by atoms with Crippen LogP contribution in [-0.4, -0.2) is 60.5 Å². The first-order valence-corrected chi connectivity index (χ1v) is 10.0. The number of esters is 1. The molecule has 1 heterocycles. The number of methoxy groups -OCH3 is 1. The Balaban J connectivity index is 2.26. The molecule has 0 radical (unpaired) electrons. The summed E-state index contributed by atoms with van der Waals surface area (Å²) in [6.45, 7) is 8.27. The van der Waals surface area contributed by atoms with Crippen LogP contribution in [0.25, 0.3) is 0 Å². The second-order valence-corrected chi connectivity index (χ2v) is 7.39. The molecule has 1 unspecified atom stereocenters. The summed E-state index contributed by atoms with van der Waals surface area (Å²) in [5, 5.41) is 0. The van der Waals surface area contributed by atoms with E-state index in [1.54, 1.807) is 39.7 Å². The average molecular weight is 392 g/mol. The molecule has 1 saturated carbocycles. The van der Waals surface area contributed by atoms with Crippen LogP contribution in [0.5, 0.6) is 0 Å². The van der Waals surface area contributed by atoms with Crippen LogP contribution in [0.1, 0.15) is 71.6 Å². The van der Waals surface area contributed by atoms with E-state index in [0.717, 1.165) is 19.3 Å². The van der Waals surface area contributed by atoms with Gasteiger partial charge in [-0.2, -0.15) is 0 Å². The lowest BCUT2D eigenvalue weighted by atomic mass is 9.83. The van der Waals surface area contributed by atoms with Crippen molar-refractivity contribution in [3.8, 4) is 0 Å². The number of aromatic amines is 1. The van der Waals surface area contributed by atoms with Crippen LogP contribution in [0.4, 0.5) is 0 Å². The fraction of sp³-hybridized carbons (Fsp3) is 0.667. The molecule has 1 atom stereocenters. The topological polar surface area (TPSA) is 88.7 Å². The van der Waals surface area contributed by atoms with Gasteiger partial charge in [-0.25, -0.2) is 4.79 Å². The summed E-state index contributed by atoms with van der Waals surface area (Å²) >= 11 is 0. The number of ketones is 1. The van der Waals surface area contributed by atoms with Crippen LogP contribution in [0.2, 0.25) is 0 Å². The molecule has 7 heteroatoms. The van der Waals surface area contributed by atoms with Crippen LogP contribution in [0.3, 0.4) is 0 Å². The number of aromatic nitrogens is 1. The Hall–Kier alpha value is -2.15. The number of nitrogens with one attached hydrogen (secondary N) is 1. The van der Waals surface area contributed by atoms with Crippen molar-refractivity contribution in [3.05, 3.63) is 22.5 Å². The number of carbonyl (C=O) groups is 3. The molecule has 2 rings (SSSR count). The number of nitrogens with zero attached hydrogens (tertiary/aromatic N) is 1. The molecule has 1 aromatic rings. The number of hydrogen-bond acceptors (Lipinski definition) is 5. The van der Waals surface area contributed by atoms with Crippen molar-refractivity contribution in [2.75, 3.05) is 26.9 Å². The molecule has 156 valence electrons. The van der Waals surface area contributed by atoms with Gasteiger partial charge in [-0.05, 0) is 52.5 Å². The van der Waals surface area contributed by atoms with Gasteiger partial charge in [-0.15, -0.1) is 0 Å². The number of rotatable bonds is 10. The standard InChI is InChI=1S/C21H32N2O5/c1-6-28-21(26)18-13(2)17(14(3)22-18)19(24)15(4)23(11-8-12-27-5)20(25)16-9-7-10-16/h15-16,22H,6-12H2,1-5H3. The fourth-order valence-corrected chi connectivity index (χ4v) is 3.64. The van der Waals surface area contributed by atoms with E-state index in [1.165, 1.54) is 0 Å². The Labute approximate surface area is 166 Å². The lowest BCUT2D eigenvalue weighted by molar-refractivity contribution is -0.139. The summed E-state index contributed by atoms with van der Waals surface area (Å²) in [5.41, 5.74) is 1.95. The molecule has 0 aromatic carbocycles. The zero-order chi connectivity index (χ0) is 20.8. The molecule has 1 N–H and O–H groups in total. The van der Waals surface area contributed by atoms with Crippen molar-refractivity contribution in [1.29, 1.82) is 0 Å². The first kappa shape index (κ1) is 22.1. The monoisotopic (exact) mass is 392 g/mol. The highest BCUT2D eigenvalue weighted by atomic mass is 16.5. The van der Waals surface area contributed by atoms with Crippen LogP contribution >= 0.6 is 0 Å². The van der Waals surface area contributed by atoms with Gasteiger partial charge in [0.15, 0.2) is 5.78 Å². The lowest BCUT2D eigenvalue weighted by Crippen LogP contribution is -2.48. The number of H-pyrrole nitrogens is 1. The Morgan fingerprint density at radius 3 is 2.46 bits per heavy atom. The van der Waals surface area contributed by atoms with Crippen molar-refractivity contribution >= 4 is 17.7 Å². The molecule has 0 aliphatic heterocycles. The Morgan fingerprint density at radius 2 is 1.93 bits per heavy atom. The van der Waals surface area contributed by atoms with E-state index in [9.17, 15) is 14.4 Å². The zero-order valence-corrected chi connectivity index (χ0v) is 17.6. The third-order valence-electron chi connectivity index (χ3n) is 5.50. The zero-order valence-electron chi connectivity index (χ0n) is 17.6.